The van der Waals surface area contributed by atoms with Crippen LogP contribution in [0.15, 0.2) is 12.3 Å². The maximum Gasteiger partial charge on any atom is 0.0764 e. The lowest BCUT2D eigenvalue weighted by atomic mass is 10.1. The van der Waals surface area contributed by atoms with Crippen LogP contribution in [0.1, 0.15) is 38.8 Å². The molecule has 1 aliphatic heterocycles. The topological polar surface area (TPSA) is 30.3 Å². The summed E-state index contributed by atoms with van der Waals surface area (Å²) in [6.45, 7) is 9.23. The van der Waals surface area contributed by atoms with E-state index in [0.29, 0.717) is 6.10 Å². The summed E-state index contributed by atoms with van der Waals surface area (Å²) < 4.78 is 7.79. The molecule has 1 fully saturated rings. The molecule has 0 spiro atoms. The molecule has 0 N–H and O–H groups in total. The number of aryl methyl sites for hydroxylation is 1. The van der Waals surface area contributed by atoms with Gasteiger partial charge in [-0.3, -0.25) is 9.58 Å². The van der Waals surface area contributed by atoms with Gasteiger partial charge in [-0.25, -0.2) is 0 Å². The van der Waals surface area contributed by atoms with E-state index in [4.69, 9.17) is 4.74 Å². The third-order valence-corrected chi connectivity index (χ3v) is 3.59. The van der Waals surface area contributed by atoms with Crippen molar-refractivity contribution < 1.29 is 4.74 Å². The van der Waals surface area contributed by atoms with Crippen LogP contribution in [0.25, 0.3) is 0 Å². The first-order chi connectivity index (χ1) is 8.81. The van der Waals surface area contributed by atoms with E-state index in [9.17, 15) is 0 Å². The van der Waals surface area contributed by atoms with E-state index in [1.807, 2.05) is 4.68 Å². The molecule has 1 aromatic rings. The molecule has 0 saturated carbocycles. The maximum atomic E-state index is 5.81. The number of rotatable bonds is 6. The Morgan fingerprint density at radius 2 is 2.33 bits per heavy atom. The number of aromatic nitrogens is 2. The molecule has 0 aromatic carbocycles. The zero-order valence-corrected chi connectivity index (χ0v) is 11.6. The fourth-order valence-corrected chi connectivity index (χ4v) is 2.44. The average Bonchev–Trinajstić information content (AvgIpc) is 2.87. The van der Waals surface area contributed by atoms with Crippen LogP contribution in [0.5, 0.6) is 0 Å². The average molecular weight is 251 g/mol. The maximum absolute atomic E-state index is 5.81. The smallest absolute Gasteiger partial charge is 0.0764 e. The van der Waals surface area contributed by atoms with Gasteiger partial charge < -0.3 is 4.74 Å². The summed E-state index contributed by atoms with van der Waals surface area (Å²) in [5.41, 5.74) is 1.16. The van der Waals surface area contributed by atoms with Crippen LogP contribution in [-0.2, 0) is 17.8 Å². The number of hydrogen-bond acceptors (Lipinski definition) is 3. The van der Waals surface area contributed by atoms with Crippen molar-refractivity contribution in [3.8, 4) is 0 Å². The van der Waals surface area contributed by atoms with Crippen molar-refractivity contribution in [2.24, 2.45) is 0 Å². The predicted molar refractivity (Wildman–Crippen MR) is 72.4 cm³/mol. The third kappa shape index (κ3) is 3.82. The Morgan fingerprint density at radius 1 is 1.44 bits per heavy atom. The second kappa shape index (κ2) is 6.90. The van der Waals surface area contributed by atoms with E-state index in [1.54, 1.807) is 0 Å². The number of hydrogen-bond donors (Lipinski definition) is 0. The highest BCUT2D eigenvalue weighted by Crippen LogP contribution is 2.14. The zero-order valence-electron chi connectivity index (χ0n) is 11.6. The lowest BCUT2D eigenvalue weighted by Crippen LogP contribution is -2.35. The van der Waals surface area contributed by atoms with Gasteiger partial charge in [0.05, 0.1) is 11.8 Å². The summed E-state index contributed by atoms with van der Waals surface area (Å²) in [5, 5.41) is 4.54. The van der Waals surface area contributed by atoms with Gasteiger partial charge in [-0.15, -0.1) is 0 Å². The molecule has 18 heavy (non-hydrogen) atoms. The molecule has 4 heteroatoms. The van der Waals surface area contributed by atoms with Crippen LogP contribution in [0.2, 0.25) is 0 Å². The number of ether oxygens (including phenoxy) is 1. The first kappa shape index (κ1) is 13.6. The van der Waals surface area contributed by atoms with Crippen LogP contribution >= 0.6 is 0 Å². The van der Waals surface area contributed by atoms with Gasteiger partial charge in [0.2, 0.25) is 0 Å². The Hall–Kier alpha value is -0.870. The van der Waals surface area contributed by atoms with Gasteiger partial charge in [-0.2, -0.15) is 5.10 Å². The Bertz CT molecular complexity index is 345. The van der Waals surface area contributed by atoms with Crippen LogP contribution in [0.4, 0.5) is 0 Å². The molecule has 0 amide bonds. The second-order valence-electron chi connectivity index (χ2n) is 4.98. The molecule has 102 valence electrons. The molecule has 2 heterocycles. The normalized spacial score (nSPS) is 20.5. The standard InChI is InChI=1S/C14H25N3O/c1-3-16(12-14-7-5-6-10-18-14)11-13-8-9-17(4-2)15-13/h8-9,14H,3-7,10-12H2,1-2H3/t14-/m0/s1. The van der Waals surface area contributed by atoms with E-state index < -0.39 is 0 Å². The SMILES string of the molecule is CCN(Cc1ccn(CC)n1)C[C@@H]1CCCCO1. The highest BCUT2D eigenvalue weighted by molar-refractivity contribution is 4.98. The minimum Gasteiger partial charge on any atom is -0.377 e. The van der Waals surface area contributed by atoms with Crippen LogP contribution in [0.3, 0.4) is 0 Å². The van der Waals surface area contributed by atoms with Crippen molar-refractivity contribution in [1.82, 2.24) is 14.7 Å². The van der Waals surface area contributed by atoms with Crippen molar-refractivity contribution >= 4 is 0 Å². The predicted octanol–water partition coefficient (Wildman–Crippen LogP) is 2.29. The third-order valence-electron chi connectivity index (χ3n) is 3.59. The number of likely N-dealkylation sites (N-methyl/N-ethyl adjacent to an activating group) is 1. The van der Waals surface area contributed by atoms with E-state index in [-0.39, 0.29) is 0 Å². The van der Waals surface area contributed by atoms with Crippen LogP contribution < -0.4 is 0 Å². The fraction of sp³-hybridized carbons (Fsp3) is 0.786. The van der Waals surface area contributed by atoms with E-state index >= 15 is 0 Å². The van der Waals surface area contributed by atoms with Crippen molar-refractivity contribution in [3.05, 3.63) is 18.0 Å². The molecule has 0 radical (unpaired) electrons. The lowest BCUT2D eigenvalue weighted by Gasteiger charge is -2.28. The van der Waals surface area contributed by atoms with E-state index in [0.717, 1.165) is 38.5 Å². The molecule has 0 unspecified atom stereocenters. The van der Waals surface area contributed by atoms with Gasteiger partial charge in [0.1, 0.15) is 0 Å². The van der Waals surface area contributed by atoms with E-state index in [2.05, 4.69) is 36.1 Å². The summed E-state index contributed by atoms with van der Waals surface area (Å²) in [6, 6.07) is 2.12. The molecule has 2 rings (SSSR count). The summed E-state index contributed by atoms with van der Waals surface area (Å²) in [7, 11) is 0. The van der Waals surface area contributed by atoms with Gasteiger partial charge in [-0.05, 0) is 38.8 Å². The molecular formula is C14H25N3O. The minimum atomic E-state index is 0.423. The first-order valence-electron chi connectivity index (χ1n) is 7.18. The zero-order chi connectivity index (χ0) is 12.8. The summed E-state index contributed by atoms with van der Waals surface area (Å²) >= 11 is 0. The van der Waals surface area contributed by atoms with Gasteiger partial charge in [-0.1, -0.05) is 6.92 Å². The summed E-state index contributed by atoms with van der Waals surface area (Å²) in [5.74, 6) is 0. The Morgan fingerprint density at radius 3 is 2.94 bits per heavy atom. The van der Waals surface area contributed by atoms with Gasteiger partial charge >= 0.3 is 0 Å². The highest BCUT2D eigenvalue weighted by Gasteiger charge is 2.17. The fourth-order valence-electron chi connectivity index (χ4n) is 2.44. The Labute approximate surface area is 110 Å². The molecule has 1 atom stereocenters. The molecule has 1 saturated heterocycles. The minimum absolute atomic E-state index is 0.423. The first-order valence-corrected chi connectivity index (χ1v) is 7.18. The quantitative estimate of drug-likeness (QED) is 0.777. The van der Waals surface area contributed by atoms with Crippen molar-refractivity contribution in [2.75, 3.05) is 19.7 Å². The van der Waals surface area contributed by atoms with Crippen molar-refractivity contribution in [3.63, 3.8) is 0 Å². The molecule has 4 nitrogen and oxygen atoms in total. The summed E-state index contributed by atoms with van der Waals surface area (Å²) in [4.78, 5) is 2.43. The lowest BCUT2D eigenvalue weighted by molar-refractivity contribution is -0.00644. The van der Waals surface area contributed by atoms with Crippen LogP contribution in [0, 0.1) is 0 Å². The van der Waals surface area contributed by atoms with Gasteiger partial charge in [0, 0.05) is 32.4 Å². The van der Waals surface area contributed by atoms with Gasteiger partial charge in [0.25, 0.3) is 0 Å². The number of nitrogens with zero attached hydrogens (tertiary/aromatic N) is 3. The molecular weight excluding hydrogens is 226 g/mol. The second-order valence-corrected chi connectivity index (χ2v) is 4.98. The van der Waals surface area contributed by atoms with Gasteiger partial charge in [0.15, 0.2) is 0 Å². The van der Waals surface area contributed by atoms with E-state index in [1.165, 1.54) is 19.3 Å². The molecule has 0 bridgehead atoms. The van der Waals surface area contributed by atoms with Crippen molar-refractivity contribution in [1.29, 1.82) is 0 Å². The molecule has 1 aromatic heterocycles. The summed E-state index contributed by atoms with van der Waals surface area (Å²) in [6.07, 6.45) is 6.23. The highest BCUT2D eigenvalue weighted by atomic mass is 16.5. The molecule has 0 aliphatic carbocycles. The van der Waals surface area contributed by atoms with Crippen LogP contribution in [-0.4, -0.2) is 40.5 Å². The monoisotopic (exact) mass is 251 g/mol. The Balaban J connectivity index is 1.84. The van der Waals surface area contributed by atoms with Crippen molar-refractivity contribution in [2.45, 2.75) is 52.3 Å². The Kier molecular flexibility index (Phi) is 5.20. The largest absolute Gasteiger partial charge is 0.377 e. The molecule has 1 aliphatic rings.